The third-order valence-corrected chi connectivity index (χ3v) is 8.36. The molecule has 3 aliphatic carbocycles. The first kappa shape index (κ1) is 27.3. The van der Waals surface area contributed by atoms with Crippen molar-refractivity contribution in [1.29, 1.82) is 5.26 Å². The molecule has 2 unspecified atom stereocenters. The van der Waals surface area contributed by atoms with E-state index in [9.17, 15) is 42.8 Å². The number of benzene rings is 1. The van der Waals surface area contributed by atoms with E-state index in [0.717, 1.165) is 12.3 Å². The molecule has 14 nitrogen and oxygen atoms in total. The number of aromatic hydroxyl groups is 1. The maximum absolute atomic E-state index is 14.2. The average Bonchev–Trinajstić information content (AvgIpc) is 2.73. The summed E-state index contributed by atoms with van der Waals surface area (Å²) < 4.78 is 26.1. The number of primary amides is 1. The first-order chi connectivity index (χ1) is 17.4. The van der Waals surface area contributed by atoms with Gasteiger partial charge in [-0.2, -0.15) is 5.26 Å². The topological polar surface area (TPSA) is 257 Å². The number of likely N-dealkylation sites (N-methyl/N-ethyl adjacent to an activating group) is 1. The SMILES string of the molecule is CN(C)[C@@H]1C(=O)C(C(N)=O)C(=O)[C@@]2(C#N)C(=O)C3C(=O)c4c(O)ccc(NS(C)(=O)=O)c4C[C@@]3(N)C[C@@]12N. The molecule has 0 heterocycles. The van der Waals surface area contributed by atoms with Crippen molar-refractivity contribution in [3.8, 4) is 11.8 Å². The number of nitrogens with two attached hydrogens (primary N) is 3. The number of nitriles is 1. The Balaban J connectivity index is 2.03. The molecular weight excluding hydrogens is 520 g/mol. The van der Waals surface area contributed by atoms with Crippen LogP contribution in [-0.4, -0.2) is 84.9 Å². The van der Waals surface area contributed by atoms with Gasteiger partial charge in [0, 0.05) is 5.54 Å². The van der Waals surface area contributed by atoms with E-state index in [1.54, 1.807) is 6.07 Å². The van der Waals surface area contributed by atoms with Gasteiger partial charge in [-0.1, -0.05) is 0 Å². The number of hydrogen-bond donors (Lipinski definition) is 5. The first-order valence-corrected chi connectivity index (χ1v) is 13.2. The van der Waals surface area contributed by atoms with E-state index < -0.39 is 91.2 Å². The lowest BCUT2D eigenvalue weighted by Crippen LogP contribution is -2.85. The molecule has 1 amide bonds. The minimum absolute atomic E-state index is 0.0232. The molecule has 4 rings (SSSR count). The summed E-state index contributed by atoms with van der Waals surface area (Å²) in [5, 5.41) is 20.8. The van der Waals surface area contributed by atoms with E-state index in [2.05, 4.69) is 4.72 Å². The van der Waals surface area contributed by atoms with Gasteiger partial charge < -0.3 is 22.3 Å². The third kappa shape index (κ3) is 3.34. The van der Waals surface area contributed by atoms with Crippen LogP contribution < -0.4 is 21.9 Å². The van der Waals surface area contributed by atoms with Crippen molar-refractivity contribution in [2.75, 3.05) is 25.1 Å². The number of anilines is 1. The Labute approximate surface area is 217 Å². The second-order valence-electron chi connectivity index (χ2n) is 10.5. The molecule has 0 spiro atoms. The number of rotatable bonds is 4. The van der Waals surface area contributed by atoms with Crippen LogP contribution >= 0.6 is 0 Å². The van der Waals surface area contributed by atoms with Crippen LogP contribution in [-0.2, 0) is 35.6 Å². The molecule has 0 radical (unpaired) electrons. The molecule has 2 saturated carbocycles. The molecule has 6 atom stereocenters. The van der Waals surface area contributed by atoms with Gasteiger partial charge in [-0.05, 0) is 44.6 Å². The van der Waals surface area contributed by atoms with Gasteiger partial charge in [0.15, 0.2) is 34.5 Å². The van der Waals surface area contributed by atoms with Gasteiger partial charge in [0.25, 0.3) is 0 Å². The number of carbonyl (C=O) groups is 5. The smallest absolute Gasteiger partial charge is 0.235 e. The molecule has 0 bridgehead atoms. The summed E-state index contributed by atoms with van der Waals surface area (Å²) in [5.41, 5.74) is 11.1. The molecule has 0 aliphatic heterocycles. The number of Topliss-reactive ketones (excluding diaryl/α,β-unsaturated/α-hetero) is 4. The quantitative estimate of drug-likeness (QED) is 0.189. The Morgan fingerprint density at radius 2 is 1.79 bits per heavy atom. The minimum Gasteiger partial charge on any atom is -0.507 e. The summed E-state index contributed by atoms with van der Waals surface area (Å²) in [5.74, 6) is -10.8. The number of nitrogens with zero attached hydrogens (tertiary/aromatic N) is 2. The molecule has 8 N–H and O–H groups in total. The number of phenolic OH excluding ortho intramolecular Hbond substituents is 1. The zero-order valence-corrected chi connectivity index (χ0v) is 21.5. The fourth-order valence-electron chi connectivity index (χ4n) is 6.50. The van der Waals surface area contributed by atoms with E-state index in [4.69, 9.17) is 17.2 Å². The van der Waals surface area contributed by atoms with E-state index in [0.29, 0.717) is 0 Å². The maximum atomic E-state index is 14.2. The number of hydrogen-bond acceptors (Lipinski definition) is 12. The van der Waals surface area contributed by atoms with Gasteiger partial charge in [-0.3, -0.25) is 33.6 Å². The highest BCUT2D eigenvalue weighted by atomic mass is 32.2. The number of fused-ring (bicyclic) bond motifs is 3. The molecule has 15 heteroatoms. The fourth-order valence-corrected chi connectivity index (χ4v) is 7.09. The summed E-state index contributed by atoms with van der Waals surface area (Å²) in [6.45, 7) is 0. The first-order valence-electron chi connectivity index (χ1n) is 11.3. The second-order valence-corrected chi connectivity index (χ2v) is 12.2. The Bertz CT molecular complexity index is 1500. The molecule has 1 aromatic carbocycles. The van der Waals surface area contributed by atoms with Crippen LogP contribution in [0.5, 0.6) is 5.75 Å². The number of sulfonamides is 1. The van der Waals surface area contributed by atoms with Crippen LogP contribution in [0.15, 0.2) is 12.1 Å². The maximum Gasteiger partial charge on any atom is 0.235 e. The van der Waals surface area contributed by atoms with E-state index >= 15 is 0 Å². The van der Waals surface area contributed by atoms with Crippen LogP contribution in [0.1, 0.15) is 22.3 Å². The number of nitrogens with one attached hydrogen (secondary N) is 1. The lowest BCUT2D eigenvalue weighted by atomic mass is 9.43. The van der Waals surface area contributed by atoms with Gasteiger partial charge >= 0.3 is 0 Å². The standard InChI is InChI=1S/C23H26N6O8S/c1-29(2)17-16(32)13(20(25)35)18(33)22(8-24)19(34)14-15(31)12-9(6-21(14,26)7-23(17,22)27)10(4-5-11(12)30)28-38(3,36)37/h4-5,13-14,17,28,30H,6-7,26-27H2,1-3H3,(H2,25,35)/t13?,14?,17-,21-,22+,23-/m1/s1. The summed E-state index contributed by atoms with van der Waals surface area (Å²) in [7, 11) is -1.07. The van der Waals surface area contributed by atoms with Crippen LogP contribution in [0.2, 0.25) is 0 Å². The van der Waals surface area contributed by atoms with Crippen molar-refractivity contribution in [2.45, 2.75) is 30.0 Å². The van der Waals surface area contributed by atoms with Gasteiger partial charge in [-0.15, -0.1) is 0 Å². The summed E-state index contributed by atoms with van der Waals surface area (Å²) in [4.78, 5) is 68.3. The highest BCUT2D eigenvalue weighted by Crippen LogP contribution is 2.56. The summed E-state index contributed by atoms with van der Waals surface area (Å²) >= 11 is 0. The van der Waals surface area contributed by atoms with Crippen LogP contribution in [0.4, 0.5) is 5.69 Å². The second kappa shape index (κ2) is 8.14. The zero-order valence-electron chi connectivity index (χ0n) is 20.6. The fraction of sp³-hybridized carbons (Fsp3) is 0.478. The van der Waals surface area contributed by atoms with Crippen molar-refractivity contribution < 1.29 is 37.5 Å². The molecule has 0 saturated heterocycles. The number of ketones is 4. The van der Waals surface area contributed by atoms with Gasteiger partial charge in [-0.25, -0.2) is 8.42 Å². The van der Waals surface area contributed by atoms with Crippen LogP contribution in [0, 0.1) is 28.6 Å². The van der Waals surface area contributed by atoms with Crippen molar-refractivity contribution in [2.24, 2.45) is 34.5 Å². The number of amides is 1. The van der Waals surface area contributed by atoms with Crippen molar-refractivity contribution in [3.05, 3.63) is 23.3 Å². The lowest BCUT2D eigenvalue weighted by molar-refractivity contribution is -0.166. The van der Waals surface area contributed by atoms with Gasteiger partial charge in [0.2, 0.25) is 15.9 Å². The number of carbonyl (C=O) groups excluding carboxylic acids is 5. The Morgan fingerprint density at radius 1 is 1.18 bits per heavy atom. The van der Waals surface area contributed by atoms with Gasteiger partial charge in [0.1, 0.15) is 11.7 Å². The normalized spacial score (nSPS) is 34.7. The van der Waals surface area contributed by atoms with Crippen LogP contribution in [0.3, 0.4) is 0 Å². The van der Waals surface area contributed by atoms with E-state index in [1.165, 1.54) is 25.1 Å². The van der Waals surface area contributed by atoms with E-state index in [-0.39, 0.29) is 17.7 Å². The van der Waals surface area contributed by atoms with E-state index in [1.807, 2.05) is 0 Å². The Hall–Kier alpha value is -3.71. The molecular formula is C23H26N6O8S. The summed E-state index contributed by atoms with van der Waals surface area (Å²) in [6.07, 6.45) is -0.123. The average molecular weight is 547 g/mol. The highest BCUT2D eigenvalue weighted by Gasteiger charge is 2.78. The summed E-state index contributed by atoms with van der Waals surface area (Å²) in [6, 6.07) is 2.33. The monoisotopic (exact) mass is 546 g/mol. The Kier molecular flexibility index (Phi) is 5.86. The lowest BCUT2D eigenvalue weighted by Gasteiger charge is -2.60. The minimum atomic E-state index is -3.85. The van der Waals surface area contributed by atoms with Crippen molar-refractivity contribution >= 4 is 44.8 Å². The molecule has 1 aromatic rings. The highest BCUT2D eigenvalue weighted by molar-refractivity contribution is 7.92. The molecule has 202 valence electrons. The predicted octanol–water partition coefficient (Wildman–Crippen LogP) is -2.82. The zero-order chi connectivity index (χ0) is 28.7. The number of phenols is 1. The Morgan fingerprint density at radius 3 is 2.29 bits per heavy atom. The molecule has 3 aliphatic rings. The molecule has 0 aromatic heterocycles. The third-order valence-electron chi connectivity index (χ3n) is 7.77. The largest absolute Gasteiger partial charge is 0.507 e. The molecule has 2 fully saturated rings. The molecule has 38 heavy (non-hydrogen) atoms. The van der Waals surface area contributed by atoms with Gasteiger partial charge in [0.05, 0.1) is 35.2 Å². The van der Waals surface area contributed by atoms with Crippen molar-refractivity contribution in [1.82, 2.24) is 4.90 Å². The van der Waals surface area contributed by atoms with Crippen LogP contribution in [0.25, 0.3) is 0 Å². The predicted molar refractivity (Wildman–Crippen MR) is 130 cm³/mol. The van der Waals surface area contributed by atoms with Crippen molar-refractivity contribution in [3.63, 3.8) is 0 Å².